The van der Waals surface area contributed by atoms with Crippen molar-refractivity contribution >= 4 is 22.0 Å². The second kappa shape index (κ2) is 5.12. The minimum atomic E-state index is 0.600. The zero-order valence-corrected chi connectivity index (χ0v) is 8.42. The average Bonchev–Trinajstić information content (AvgIpc) is 2.15. The number of hydrogen-bond donors (Lipinski definition) is 1. The van der Waals surface area contributed by atoms with Crippen molar-refractivity contribution in [3.63, 3.8) is 0 Å². The maximum absolute atomic E-state index is 5.58. The first kappa shape index (κ1) is 9.49. The van der Waals surface area contributed by atoms with Crippen LogP contribution in [0, 0.1) is 0 Å². The summed E-state index contributed by atoms with van der Waals surface area (Å²) in [5, 5.41) is 0.881. The molecule has 0 atom stereocenters. The van der Waals surface area contributed by atoms with Crippen molar-refractivity contribution in [2.75, 3.05) is 5.33 Å². The third-order valence-corrected chi connectivity index (χ3v) is 2.04. The summed E-state index contributed by atoms with van der Waals surface area (Å²) in [5.74, 6) is 0. The summed E-state index contributed by atoms with van der Waals surface area (Å²) in [6.45, 7) is 0.600. The summed E-state index contributed by atoms with van der Waals surface area (Å²) in [4.78, 5) is 0. The lowest BCUT2D eigenvalue weighted by atomic mass is 10.1. The van der Waals surface area contributed by atoms with Gasteiger partial charge in [-0.1, -0.05) is 52.3 Å². The Morgan fingerprint density at radius 2 is 2.08 bits per heavy atom. The van der Waals surface area contributed by atoms with Gasteiger partial charge < -0.3 is 5.73 Å². The fourth-order valence-electron chi connectivity index (χ4n) is 1.05. The molecule has 0 unspecified atom stereocenters. The molecule has 0 fully saturated rings. The van der Waals surface area contributed by atoms with Crippen LogP contribution in [-0.4, -0.2) is 5.33 Å². The van der Waals surface area contributed by atoms with E-state index in [1.807, 2.05) is 18.2 Å². The molecule has 2 N–H and O–H groups in total. The van der Waals surface area contributed by atoms with E-state index in [2.05, 4.69) is 34.1 Å². The molecule has 1 rings (SSSR count). The summed E-state index contributed by atoms with van der Waals surface area (Å²) in [6.07, 6.45) is 4.14. The molecule has 0 aliphatic heterocycles. The van der Waals surface area contributed by atoms with Crippen LogP contribution in [-0.2, 0) is 6.54 Å². The minimum absolute atomic E-state index is 0.600. The summed E-state index contributed by atoms with van der Waals surface area (Å²) in [5.41, 5.74) is 7.97. The quantitative estimate of drug-likeness (QED) is 0.787. The zero-order valence-electron chi connectivity index (χ0n) is 6.83. The Morgan fingerprint density at radius 3 is 2.75 bits per heavy atom. The number of hydrogen-bond acceptors (Lipinski definition) is 1. The molecule has 2 heteroatoms. The van der Waals surface area contributed by atoms with Gasteiger partial charge in [-0.15, -0.1) is 0 Å². The summed E-state index contributed by atoms with van der Waals surface area (Å²) in [7, 11) is 0. The van der Waals surface area contributed by atoms with E-state index in [1.54, 1.807) is 0 Å². The highest BCUT2D eigenvalue weighted by Crippen LogP contribution is 2.09. The van der Waals surface area contributed by atoms with Crippen LogP contribution in [0.2, 0.25) is 0 Å². The van der Waals surface area contributed by atoms with Gasteiger partial charge in [0.1, 0.15) is 0 Å². The summed E-state index contributed by atoms with van der Waals surface area (Å²) in [6, 6.07) is 8.15. The van der Waals surface area contributed by atoms with Crippen molar-refractivity contribution in [1.82, 2.24) is 0 Å². The predicted octanol–water partition coefficient (Wildman–Crippen LogP) is 2.55. The van der Waals surface area contributed by atoms with E-state index in [0.29, 0.717) is 6.54 Å². The van der Waals surface area contributed by atoms with Crippen LogP contribution in [0.15, 0.2) is 30.3 Å². The number of nitrogens with two attached hydrogens (primary N) is 1. The molecule has 1 aromatic carbocycles. The van der Waals surface area contributed by atoms with Crippen molar-refractivity contribution in [3.05, 3.63) is 41.5 Å². The van der Waals surface area contributed by atoms with Crippen LogP contribution in [0.25, 0.3) is 6.08 Å². The zero-order chi connectivity index (χ0) is 8.81. The van der Waals surface area contributed by atoms with Gasteiger partial charge in [-0.25, -0.2) is 0 Å². The van der Waals surface area contributed by atoms with Crippen molar-refractivity contribution in [2.24, 2.45) is 5.73 Å². The molecular weight excluding hydrogens is 214 g/mol. The Kier molecular flexibility index (Phi) is 4.05. The Bertz CT molecular complexity index is 268. The lowest BCUT2D eigenvalue weighted by molar-refractivity contribution is 1.07. The monoisotopic (exact) mass is 225 g/mol. The molecule has 0 aromatic heterocycles. The predicted molar refractivity (Wildman–Crippen MR) is 57.2 cm³/mol. The first-order valence-electron chi connectivity index (χ1n) is 3.89. The maximum Gasteiger partial charge on any atom is 0.0215 e. The SMILES string of the molecule is NCc1ccccc1C=CCBr. The van der Waals surface area contributed by atoms with Crippen molar-refractivity contribution in [1.29, 1.82) is 0 Å². The van der Waals surface area contributed by atoms with Crippen LogP contribution in [0.5, 0.6) is 0 Å². The largest absolute Gasteiger partial charge is 0.326 e. The second-order valence-corrected chi connectivity index (χ2v) is 3.11. The van der Waals surface area contributed by atoms with Gasteiger partial charge in [0.15, 0.2) is 0 Å². The molecule has 0 aliphatic rings. The van der Waals surface area contributed by atoms with E-state index in [9.17, 15) is 0 Å². The third-order valence-electron chi connectivity index (χ3n) is 1.66. The van der Waals surface area contributed by atoms with Crippen LogP contribution in [0.4, 0.5) is 0 Å². The molecule has 64 valence electrons. The van der Waals surface area contributed by atoms with Crippen molar-refractivity contribution < 1.29 is 0 Å². The van der Waals surface area contributed by atoms with Gasteiger partial charge in [0.05, 0.1) is 0 Å². The molecule has 0 heterocycles. The average molecular weight is 226 g/mol. The normalized spacial score (nSPS) is 10.8. The van der Waals surface area contributed by atoms with Gasteiger partial charge >= 0.3 is 0 Å². The number of benzene rings is 1. The number of alkyl halides is 1. The van der Waals surface area contributed by atoms with E-state index in [1.165, 1.54) is 11.1 Å². The van der Waals surface area contributed by atoms with E-state index >= 15 is 0 Å². The molecular formula is C10H12BrN. The molecule has 0 amide bonds. The molecule has 0 saturated heterocycles. The van der Waals surface area contributed by atoms with E-state index in [0.717, 1.165) is 5.33 Å². The lowest BCUT2D eigenvalue weighted by Gasteiger charge is -2.00. The van der Waals surface area contributed by atoms with Crippen molar-refractivity contribution in [2.45, 2.75) is 6.54 Å². The van der Waals surface area contributed by atoms with Gasteiger partial charge in [0.2, 0.25) is 0 Å². The standard InChI is InChI=1S/C10H12BrN/c11-7-3-6-9-4-1-2-5-10(9)8-12/h1-6H,7-8,12H2. The number of halogens is 1. The summed E-state index contributed by atoms with van der Waals surface area (Å²) >= 11 is 3.34. The van der Waals surface area contributed by atoms with Gasteiger partial charge in [-0.05, 0) is 11.1 Å². The maximum atomic E-state index is 5.58. The Hall–Kier alpha value is -0.600. The highest BCUT2D eigenvalue weighted by molar-refractivity contribution is 9.09. The van der Waals surface area contributed by atoms with Gasteiger partial charge in [-0.3, -0.25) is 0 Å². The molecule has 0 spiro atoms. The molecule has 0 saturated carbocycles. The first-order chi connectivity index (χ1) is 5.88. The van der Waals surface area contributed by atoms with Crippen LogP contribution in [0.3, 0.4) is 0 Å². The molecule has 1 aromatic rings. The van der Waals surface area contributed by atoms with Crippen LogP contribution in [0.1, 0.15) is 11.1 Å². The fraction of sp³-hybridized carbons (Fsp3) is 0.200. The van der Waals surface area contributed by atoms with Gasteiger partial charge in [-0.2, -0.15) is 0 Å². The smallest absolute Gasteiger partial charge is 0.0215 e. The van der Waals surface area contributed by atoms with Crippen molar-refractivity contribution in [3.8, 4) is 0 Å². The van der Waals surface area contributed by atoms with Gasteiger partial charge in [0.25, 0.3) is 0 Å². The highest BCUT2D eigenvalue weighted by atomic mass is 79.9. The fourth-order valence-corrected chi connectivity index (χ4v) is 1.24. The second-order valence-electron chi connectivity index (χ2n) is 2.46. The molecule has 0 radical (unpaired) electrons. The number of rotatable bonds is 3. The van der Waals surface area contributed by atoms with E-state index in [-0.39, 0.29) is 0 Å². The Morgan fingerprint density at radius 1 is 1.33 bits per heavy atom. The Balaban J connectivity index is 2.89. The number of allylic oxidation sites excluding steroid dienone is 1. The topological polar surface area (TPSA) is 26.0 Å². The summed E-state index contributed by atoms with van der Waals surface area (Å²) < 4.78 is 0. The van der Waals surface area contributed by atoms with Gasteiger partial charge in [0, 0.05) is 11.9 Å². The van der Waals surface area contributed by atoms with E-state index in [4.69, 9.17) is 5.73 Å². The minimum Gasteiger partial charge on any atom is -0.326 e. The Labute approximate surface area is 81.4 Å². The molecule has 12 heavy (non-hydrogen) atoms. The molecule has 0 bridgehead atoms. The van der Waals surface area contributed by atoms with E-state index < -0.39 is 0 Å². The third kappa shape index (κ3) is 2.47. The van der Waals surface area contributed by atoms with Crippen LogP contribution >= 0.6 is 15.9 Å². The van der Waals surface area contributed by atoms with Crippen LogP contribution < -0.4 is 5.73 Å². The molecule has 1 nitrogen and oxygen atoms in total. The first-order valence-corrected chi connectivity index (χ1v) is 5.01. The molecule has 0 aliphatic carbocycles. The lowest BCUT2D eigenvalue weighted by Crippen LogP contribution is -1.98. The highest BCUT2D eigenvalue weighted by Gasteiger charge is 1.93.